The van der Waals surface area contributed by atoms with Crippen LogP contribution in [0.4, 0.5) is 0 Å². The van der Waals surface area contributed by atoms with Gasteiger partial charge in [-0.2, -0.15) is 12.6 Å². The quantitative estimate of drug-likeness (QED) is 0.0436. The number of benzene rings is 1. The van der Waals surface area contributed by atoms with Crippen molar-refractivity contribution >= 4 is 65.9 Å². The minimum atomic E-state index is -1.65. The van der Waals surface area contributed by atoms with Gasteiger partial charge in [-0.15, -0.1) is 0 Å². The number of rotatable bonds is 24. The van der Waals surface area contributed by atoms with Gasteiger partial charge < -0.3 is 63.4 Å². The highest BCUT2D eigenvalue weighted by molar-refractivity contribution is 7.80. The van der Waals surface area contributed by atoms with E-state index in [0.29, 0.717) is 5.56 Å². The van der Waals surface area contributed by atoms with Crippen molar-refractivity contribution < 1.29 is 63.6 Å². The number of aliphatic hydroxyl groups excluding tert-OH is 2. The largest absolute Gasteiger partial charge is 0.481 e. The Balaban J connectivity index is 2.78. The lowest BCUT2D eigenvalue weighted by molar-refractivity contribution is -0.141. The number of hydrogen-bond donors (Lipinski definition) is 13. The fraction of sp³-hybridized carbons (Fsp3) is 0.531. The third-order valence-electron chi connectivity index (χ3n) is 7.47. The van der Waals surface area contributed by atoms with E-state index >= 15 is 0 Å². The van der Waals surface area contributed by atoms with E-state index in [9.17, 15) is 53.4 Å². The first kappa shape index (κ1) is 46.7. The second-order valence-corrected chi connectivity index (χ2v) is 12.5. The van der Waals surface area contributed by atoms with Gasteiger partial charge in [-0.25, -0.2) is 4.79 Å². The second kappa shape index (κ2) is 24.1. The molecule has 0 unspecified atom stereocenters. The molecular weight excluding hydrogens is 736 g/mol. The zero-order valence-corrected chi connectivity index (χ0v) is 30.5. The van der Waals surface area contributed by atoms with Gasteiger partial charge in [0.15, 0.2) is 0 Å². The van der Waals surface area contributed by atoms with E-state index in [-0.39, 0.29) is 12.2 Å². The summed E-state index contributed by atoms with van der Waals surface area (Å²) in [7, 11) is 0. The molecule has 0 aromatic heterocycles. The molecule has 0 radical (unpaired) electrons. The van der Waals surface area contributed by atoms with Crippen molar-refractivity contribution in [2.45, 2.75) is 69.4 Å². The Kier molecular flexibility index (Phi) is 20.8. The van der Waals surface area contributed by atoms with Gasteiger partial charge in [0.05, 0.1) is 26.3 Å². The Morgan fingerprint density at radius 1 is 0.667 bits per heavy atom. The van der Waals surface area contributed by atoms with E-state index < -0.39 is 135 Å². The van der Waals surface area contributed by atoms with E-state index in [1.54, 1.807) is 44.2 Å². The molecule has 1 aromatic rings. The summed E-state index contributed by atoms with van der Waals surface area (Å²) in [6.45, 7) is -0.0128. The average Bonchev–Trinajstić information content (AvgIpc) is 3.13. The first-order chi connectivity index (χ1) is 25.4. The second-order valence-electron chi connectivity index (χ2n) is 12.1. The van der Waals surface area contributed by atoms with E-state index in [4.69, 9.17) is 15.9 Å². The highest BCUT2D eigenvalue weighted by Crippen LogP contribution is 2.06. The Labute approximate surface area is 315 Å². The Morgan fingerprint density at radius 2 is 1.20 bits per heavy atom. The van der Waals surface area contributed by atoms with Crippen molar-refractivity contribution in [1.29, 1.82) is 0 Å². The van der Waals surface area contributed by atoms with Gasteiger partial charge in [-0.3, -0.25) is 38.4 Å². The molecule has 0 saturated heterocycles. The van der Waals surface area contributed by atoms with Crippen molar-refractivity contribution in [3.8, 4) is 0 Å². The summed E-state index contributed by atoms with van der Waals surface area (Å²) in [6.07, 6.45) is -1.02. The zero-order chi connectivity index (χ0) is 41.0. The Morgan fingerprint density at radius 3 is 1.69 bits per heavy atom. The van der Waals surface area contributed by atoms with Gasteiger partial charge in [0.1, 0.15) is 36.3 Å². The van der Waals surface area contributed by atoms with Crippen LogP contribution in [-0.2, 0) is 49.6 Å². The molecule has 21 nitrogen and oxygen atoms in total. The van der Waals surface area contributed by atoms with E-state index in [0.717, 1.165) is 0 Å². The SMILES string of the molecule is CC(C)[C@H](NC(=O)[C@@H](N)CO)C(=O)N[C@@H](CCC(=O)O)C(=O)NCC(=O)N[C@@H](CO)C(=O)N[C@@H](CS)C(=O)NCC(=O)N[C@@H](Cc1ccccc1)C(=O)O. The number of aliphatic hydroxyl groups is 2. The number of aliphatic carboxylic acids is 2. The number of hydrogen-bond acceptors (Lipinski definition) is 13. The number of thiol groups is 1. The summed E-state index contributed by atoms with van der Waals surface area (Å²) in [5.74, 6) is -9.99. The van der Waals surface area contributed by atoms with E-state index in [2.05, 4.69) is 49.8 Å². The van der Waals surface area contributed by atoms with Crippen LogP contribution in [0.5, 0.6) is 0 Å². The molecule has 0 aliphatic carbocycles. The summed E-state index contributed by atoms with van der Waals surface area (Å²) in [5, 5.41) is 53.2. The molecule has 13 N–H and O–H groups in total. The smallest absolute Gasteiger partial charge is 0.326 e. The van der Waals surface area contributed by atoms with Gasteiger partial charge in [0.25, 0.3) is 0 Å². The predicted molar refractivity (Wildman–Crippen MR) is 191 cm³/mol. The average molecular weight is 785 g/mol. The molecule has 1 rings (SSSR count). The van der Waals surface area contributed by atoms with Crippen LogP contribution in [0.3, 0.4) is 0 Å². The topological polar surface area (TPSA) is 345 Å². The minimum absolute atomic E-state index is 0.0205. The Hall–Kier alpha value is -5.32. The number of carbonyl (C=O) groups excluding carboxylic acids is 7. The Bertz CT molecular complexity index is 1480. The van der Waals surface area contributed by atoms with E-state index in [1.165, 1.54) is 0 Å². The van der Waals surface area contributed by atoms with Crippen LogP contribution in [0.2, 0.25) is 0 Å². The lowest BCUT2D eigenvalue weighted by Crippen LogP contribution is -2.59. The molecule has 0 aliphatic rings. The molecule has 0 aliphatic heterocycles. The van der Waals surface area contributed by atoms with Crippen LogP contribution in [-0.4, -0.2) is 142 Å². The van der Waals surface area contributed by atoms with Crippen LogP contribution in [0.15, 0.2) is 30.3 Å². The maximum atomic E-state index is 13.0. The first-order valence-corrected chi connectivity index (χ1v) is 17.2. The number of amides is 7. The lowest BCUT2D eigenvalue weighted by atomic mass is 10.0. The molecule has 1 aromatic carbocycles. The lowest BCUT2D eigenvalue weighted by Gasteiger charge is -2.26. The molecule has 0 fully saturated rings. The molecular formula is C32H48N8O13S. The minimum Gasteiger partial charge on any atom is -0.481 e. The van der Waals surface area contributed by atoms with Crippen LogP contribution in [0.25, 0.3) is 0 Å². The van der Waals surface area contributed by atoms with Gasteiger partial charge in [-0.1, -0.05) is 44.2 Å². The van der Waals surface area contributed by atoms with Gasteiger partial charge in [0.2, 0.25) is 41.4 Å². The monoisotopic (exact) mass is 784 g/mol. The fourth-order valence-electron chi connectivity index (χ4n) is 4.46. The molecule has 300 valence electrons. The number of nitrogens with two attached hydrogens (primary N) is 1. The molecule has 7 amide bonds. The van der Waals surface area contributed by atoms with Crippen LogP contribution in [0, 0.1) is 5.92 Å². The summed E-state index contributed by atoms with van der Waals surface area (Å²) in [6, 6.07) is 0.108. The molecule has 22 heteroatoms. The van der Waals surface area contributed by atoms with E-state index in [1.807, 2.05) is 0 Å². The normalized spacial score (nSPS) is 14.1. The molecule has 6 atom stereocenters. The van der Waals surface area contributed by atoms with Gasteiger partial charge >= 0.3 is 11.9 Å². The number of carboxylic acid groups (broad SMARTS) is 2. The summed E-state index contributed by atoms with van der Waals surface area (Å²) >= 11 is 4.01. The molecule has 0 bridgehead atoms. The van der Waals surface area contributed by atoms with Crippen LogP contribution in [0.1, 0.15) is 32.3 Å². The van der Waals surface area contributed by atoms with Gasteiger partial charge in [-0.05, 0) is 17.9 Å². The van der Waals surface area contributed by atoms with Crippen LogP contribution >= 0.6 is 12.6 Å². The summed E-state index contributed by atoms with van der Waals surface area (Å²) in [5.41, 5.74) is 6.13. The van der Waals surface area contributed by atoms with Crippen molar-refractivity contribution in [3.05, 3.63) is 35.9 Å². The predicted octanol–water partition coefficient (Wildman–Crippen LogP) is -5.27. The zero-order valence-electron chi connectivity index (χ0n) is 29.6. The third-order valence-corrected chi connectivity index (χ3v) is 7.84. The molecule has 0 heterocycles. The fourth-order valence-corrected chi connectivity index (χ4v) is 4.72. The van der Waals surface area contributed by atoms with Crippen molar-refractivity contribution in [2.24, 2.45) is 11.7 Å². The number of carboxylic acids is 2. The number of carbonyl (C=O) groups is 9. The van der Waals surface area contributed by atoms with Crippen molar-refractivity contribution in [1.82, 2.24) is 37.2 Å². The van der Waals surface area contributed by atoms with Crippen LogP contribution < -0.4 is 43.0 Å². The number of nitrogens with one attached hydrogen (secondary N) is 7. The van der Waals surface area contributed by atoms with Gasteiger partial charge in [0, 0.05) is 18.6 Å². The summed E-state index contributed by atoms with van der Waals surface area (Å²) in [4.78, 5) is 111. The third kappa shape index (κ3) is 17.0. The first-order valence-electron chi connectivity index (χ1n) is 16.6. The molecule has 54 heavy (non-hydrogen) atoms. The molecule has 0 saturated carbocycles. The highest BCUT2D eigenvalue weighted by atomic mass is 32.1. The molecule has 0 spiro atoms. The van der Waals surface area contributed by atoms with Crippen molar-refractivity contribution in [2.75, 3.05) is 32.1 Å². The maximum absolute atomic E-state index is 13.0. The maximum Gasteiger partial charge on any atom is 0.326 e. The standard InChI is InChI=1S/C32H48N8O13S/c1-16(2)26(40-27(47)18(33)13-41)31(51)38-19(8-9-25(45)46)28(48)34-12-24(44)37-21(14-42)30(50)39-22(15-54)29(49)35-11-23(43)36-20(32(52)53)10-17-6-4-3-5-7-17/h3-7,16,18-22,26,41-42,54H,8-15,33H2,1-2H3,(H,34,48)(H,35,49)(H,36,43)(H,37,44)(H,38,51)(H,39,50)(H,40,47)(H,45,46)(H,52,53)/t18-,19-,20-,21-,22-,26-/m0/s1. The highest BCUT2D eigenvalue weighted by Gasteiger charge is 2.31. The summed E-state index contributed by atoms with van der Waals surface area (Å²) < 4.78 is 0. The van der Waals surface area contributed by atoms with Crippen molar-refractivity contribution in [3.63, 3.8) is 0 Å².